The first-order valence-electron chi connectivity index (χ1n) is 5.44. The summed E-state index contributed by atoms with van der Waals surface area (Å²) in [4.78, 5) is 2.31. The summed E-state index contributed by atoms with van der Waals surface area (Å²) < 4.78 is 0. The highest BCUT2D eigenvalue weighted by Gasteiger charge is 2.12. The Labute approximate surface area is 91.7 Å². The Balaban J connectivity index is 2.15. The lowest BCUT2D eigenvalue weighted by Gasteiger charge is -2.22. The van der Waals surface area contributed by atoms with Gasteiger partial charge in [-0.1, -0.05) is 37.4 Å². The van der Waals surface area contributed by atoms with Crippen LogP contribution in [0.25, 0.3) is 0 Å². The average Bonchev–Trinajstić information content (AvgIpc) is 2.50. The van der Waals surface area contributed by atoms with Crippen molar-refractivity contribution in [3.8, 4) is 0 Å². The monoisotopic (exact) mass is 199 g/mol. The van der Waals surface area contributed by atoms with Gasteiger partial charge in [-0.25, -0.2) is 0 Å². The highest BCUT2D eigenvalue weighted by Crippen LogP contribution is 2.17. The number of allylic oxidation sites excluding steroid dienone is 1. The van der Waals surface area contributed by atoms with E-state index in [1.54, 1.807) is 0 Å². The lowest BCUT2D eigenvalue weighted by atomic mass is 10.0. The van der Waals surface area contributed by atoms with Crippen molar-refractivity contribution in [3.63, 3.8) is 0 Å². The van der Waals surface area contributed by atoms with Gasteiger partial charge in [-0.05, 0) is 30.0 Å². The molecule has 0 fully saturated rings. The van der Waals surface area contributed by atoms with Gasteiger partial charge >= 0.3 is 0 Å². The normalized spacial score (nSPS) is 15.3. The number of hydrogen-bond donors (Lipinski definition) is 0. The van der Waals surface area contributed by atoms with Crippen molar-refractivity contribution < 1.29 is 0 Å². The zero-order valence-corrected chi connectivity index (χ0v) is 9.08. The van der Waals surface area contributed by atoms with Crippen LogP contribution in [0.1, 0.15) is 11.1 Å². The summed E-state index contributed by atoms with van der Waals surface area (Å²) in [6.07, 6.45) is 4.07. The van der Waals surface area contributed by atoms with Gasteiger partial charge in [0.2, 0.25) is 0 Å². The summed E-state index contributed by atoms with van der Waals surface area (Å²) in [6.45, 7) is 9.90. The molecule has 15 heavy (non-hydrogen) atoms. The summed E-state index contributed by atoms with van der Waals surface area (Å²) in [6, 6.07) is 8.71. The number of rotatable bonds is 2. The van der Waals surface area contributed by atoms with Crippen molar-refractivity contribution in [1.82, 2.24) is 4.90 Å². The third kappa shape index (κ3) is 2.12. The van der Waals surface area contributed by atoms with Crippen molar-refractivity contribution in [2.24, 2.45) is 0 Å². The van der Waals surface area contributed by atoms with E-state index in [0.717, 1.165) is 31.6 Å². The fourth-order valence-corrected chi connectivity index (χ4v) is 2.08. The molecule has 1 nitrogen and oxygen atoms in total. The maximum atomic E-state index is 4.01. The minimum Gasteiger partial charge on any atom is -0.371 e. The standard InChI is InChI=1S/C14H17N/c1-3-12(2)15-10-8-13-6-4-5-7-14(13)9-11-15/h3-7H,1-2,8-11H2. The van der Waals surface area contributed by atoms with E-state index >= 15 is 0 Å². The molecule has 0 unspecified atom stereocenters. The Bertz CT molecular complexity index is 352. The fourth-order valence-electron chi connectivity index (χ4n) is 2.08. The van der Waals surface area contributed by atoms with E-state index in [4.69, 9.17) is 0 Å². The molecule has 0 saturated heterocycles. The van der Waals surface area contributed by atoms with Gasteiger partial charge in [-0.2, -0.15) is 0 Å². The van der Waals surface area contributed by atoms with E-state index < -0.39 is 0 Å². The van der Waals surface area contributed by atoms with E-state index in [2.05, 4.69) is 42.3 Å². The summed E-state index contributed by atoms with van der Waals surface area (Å²) in [5, 5.41) is 0. The van der Waals surface area contributed by atoms with Crippen molar-refractivity contribution in [2.45, 2.75) is 12.8 Å². The van der Waals surface area contributed by atoms with Crippen LogP contribution in [0.4, 0.5) is 0 Å². The SMILES string of the molecule is C=CC(=C)N1CCc2ccccc2CC1. The van der Waals surface area contributed by atoms with E-state index in [1.165, 1.54) is 11.1 Å². The minimum atomic E-state index is 1.04. The molecule has 2 rings (SSSR count). The van der Waals surface area contributed by atoms with E-state index in [0.29, 0.717) is 0 Å². The van der Waals surface area contributed by atoms with E-state index in [-0.39, 0.29) is 0 Å². The van der Waals surface area contributed by atoms with Gasteiger partial charge in [0.05, 0.1) is 0 Å². The molecular weight excluding hydrogens is 182 g/mol. The Morgan fingerprint density at radius 2 is 1.67 bits per heavy atom. The molecule has 0 bridgehead atoms. The van der Waals surface area contributed by atoms with Gasteiger partial charge in [-0.3, -0.25) is 0 Å². The second kappa shape index (κ2) is 4.35. The van der Waals surface area contributed by atoms with Crippen LogP contribution in [0, 0.1) is 0 Å². The molecule has 78 valence electrons. The largest absolute Gasteiger partial charge is 0.371 e. The Hall–Kier alpha value is -1.50. The zero-order chi connectivity index (χ0) is 10.7. The Morgan fingerprint density at radius 3 is 2.13 bits per heavy atom. The van der Waals surface area contributed by atoms with Crippen LogP contribution in [0.3, 0.4) is 0 Å². The second-order valence-electron chi connectivity index (χ2n) is 3.95. The molecule has 0 amide bonds. The van der Waals surface area contributed by atoms with Crippen molar-refractivity contribution in [2.75, 3.05) is 13.1 Å². The van der Waals surface area contributed by atoms with Crippen LogP contribution >= 0.6 is 0 Å². The van der Waals surface area contributed by atoms with Gasteiger partial charge in [0.25, 0.3) is 0 Å². The van der Waals surface area contributed by atoms with Crippen molar-refractivity contribution >= 4 is 0 Å². The third-order valence-corrected chi connectivity index (χ3v) is 3.06. The topological polar surface area (TPSA) is 3.24 Å². The van der Waals surface area contributed by atoms with Crippen LogP contribution in [0.15, 0.2) is 49.2 Å². The van der Waals surface area contributed by atoms with Gasteiger partial charge in [0, 0.05) is 18.8 Å². The van der Waals surface area contributed by atoms with E-state index in [9.17, 15) is 0 Å². The fraction of sp³-hybridized carbons (Fsp3) is 0.286. The molecule has 1 heterocycles. The van der Waals surface area contributed by atoms with Crippen LogP contribution in [-0.4, -0.2) is 18.0 Å². The first-order valence-corrected chi connectivity index (χ1v) is 5.44. The van der Waals surface area contributed by atoms with Crippen LogP contribution in [0.5, 0.6) is 0 Å². The van der Waals surface area contributed by atoms with Gasteiger partial charge < -0.3 is 4.90 Å². The van der Waals surface area contributed by atoms with Crippen LogP contribution < -0.4 is 0 Å². The smallest absolute Gasteiger partial charge is 0.0287 e. The van der Waals surface area contributed by atoms with Crippen LogP contribution in [0.2, 0.25) is 0 Å². The molecule has 1 aromatic carbocycles. The zero-order valence-electron chi connectivity index (χ0n) is 9.08. The molecule has 0 aromatic heterocycles. The molecule has 1 aliphatic rings. The molecule has 0 aliphatic carbocycles. The Kier molecular flexibility index (Phi) is 2.91. The number of fused-ring (bicyclic) bond motifs is 1. The average molecular weight is 199 g/mol. The number of benzene rings is 1. The predicted octanol–water partition coefficient (Wildman–Crippen LogP) is 2.79. The summed E-state index contributed by atoms with van der Waals surface area (Å²) in [5.41, 5.74) is 4.01. The van der Waals surface area contributed by atoms with Gasteiger partial charge in [0.15, 0.2) is 0 Å². The number of nitrogens with zero attached hydrogens (tertiary/aromatic N) is 1. The molecule has 0 N–H and O–H groups in total. The minimum absolute atomic E-state index is 1.04. The van der Waals surface area contributed by atoms with Crippen molar-refractivity contribution in [1.29, 1.82) is 0 Å². The predicted molar refractivity (Wildman–Crippen MR) is 64.8 cm³/mol. The quantitative estimate of drug-likeness (QED) is 0.662. The van der Waals surface area contributed by atoms with E-state index in [1.807, 2.05) is 6.08 Å². The second-order valence-corrected chi connectivity index (χ2v) is 3.95. The highest BCUT2D eigenvalue weighted by molar-refractivity contribution is 5.29. The van der Waals surface area contributed by atoms with Gasteiger partial charge in [-0.15, -0.1) is 0 Å². The number of hydrogen-bond acceptors (Lipinski definition) is 1. The van der Waals surface area contributed by atoms with Gasteiger partial charge in [0.1, 0.15) is 0 Å². The summed E-state index contributed by atoms with van der Waals surface area (Å²) in [5.74, 6) is 0. The molecule has 1 aromatic rings. The lowest BCUT2D eigenvalue weighted by molar-refractivity contribution is 0.374. The molecule has 0 saturated carbocycles. The van der Waals surface area contributed by atoms with Crippen molar-refractivity contribution in [3.05, 3.63) is 60.3 Å². The third-order valence-electron chi connectivity index (χ3n) is 3.06. The molecule has 0 atom stereocenters. The Morgan fingerprint density at radius 1 is 1.13 bits per heavy atom. The van der Waals surface area contributed by atoms with Crippen LogP contribution in [-0.2, 0) is 12.8 Å². The molecular formula is C14H17N. The highest BCUT2D eigenvalue weighted by atomic mass is 15.1. The molecule has 1 heteroatoms. The maximum Gasteiger partial charge on any atom is 0.0287 e. The lowest BCUT2D eigenvalue weighted by Crippen LogP contribution is -2.24. The summed E-state index contributed by atoms with van der Waals surface area (Å²) in [7, 11) is 0. The molecule has 0 spiro atoms. The first-order chi connectivity index (χ1) is 7.31. The molecule has 1 aliphatic heterocycles. The molecule has 0 radical (unpaired) electrons. The maximum absolute atomic E-state index is 4.01. The first kappa shape index (κ1) is 10.0. The summed E-state index contributed by atoms with van der Waals surface area (Å²) >= 11 is 0.